The van der Waals surface area contributed by atoms with Gasteiger partial charge in [-0.2, -0.15) is 0 Å². The second-order valence-electron chi connectivity index (χ2n) is 4.66. The SMILES string of the molecule is COc1ccc(NS(=O)(=O)c2ccc(Br)cc2)cc1NC(C)=O. The summed E-state index contributed by atoms with van der Waals surface area (Å²) in [7, 11) is -2.25. The summed E-state index contributed by atoms with van der Waals surface area (Å²) < 4.78 is 33.1. The minimum atomic E-state index is -3.72. The first-order valence-corrected chi connectivity index (χ1v) is 8.83. The number of amides is 1. The smallest absolute Gasteiger partial charge is 0.261 e. The molecule has 122 valence electrons. The normalized spacial score (nSPS) is 10.9. The summed E-state index contributed by atoms with van der Waals surface area (Å²) in [6, 6.07) is 10.9. The van der Waals surface area contributed by atoms with Gasteiger partial charge in [-0.3, -0.25) is 9.52 Å². The molecular formula is C15H15BrN2O4S. The van der Waals surface area contributed by atoms with Crippen molar-refractivity contribution in [2.75, 3.05) is 17.1 Å². The van der Waals surface area contributed by atoms with E-state index >= 15 is 0 Å². The van der Waals surface area contributed by atoms with Crippen molar-refractivity contribution in [1.29, 1.82) is 0 Å². The number of sulfonamides is 1. The lowest BCUT2D eigenvalue weighted by atomic mass is 10.2. The molecule has 0 aliphatic heterocycles. The number of hydrogen-bond acceptors (Lipinski definition) is 4. The summed E-state index contributed by atoms with van der Waals surface area (Å²) in [5, 5.41) is 2.59. The van der Waals surface area contributed by atoms with Crippen LogP contribution in [0.1, 0.15) is 6.92 Å². The monoisotopic (exact) mass is 398 g/mol. The van der Waals surface area contributed by atoms with Crippen LogP contribution in [0.5, 0.6) is 5.75 Å². The molecule has 8 heteroatoms. The third-order valence-electron chi connectivity index (χ3n) is 2.89. The van der Waals surface area contributed by atoms with Crippen LogP contribution < -0.4 is 14.8 Å². The van der Waals surface area contributed by atoms with Gasteiger partial charge in [-0.15, -0.1) is 0 Å². The number of carbonyl (C=O) groups is 1. The van der Waals surface area contributed by atoms with E-state index in [1.54, 1.807) is 24.3 Å². The van der Waals surface area contributed by atoms with Gasteiger partial charge >= 0.3 is 0 Å². The first-order chi connectivity index (χ1) is 10.8. The first kappa shape index (κ1) is 17.3. The Balaban J connectivity index is 2.32. The minimum absolute atomic E-state index is 0.137. The lowest BCUT2D eigenvalue weighted by Gasteiger charge is -2.13. The van der Waals surface area contributed by atoms with Gasteiger partial charge in [-0.1, -0.05) is 15.9 Å². The van der Waals surface area contributed by atoms with Crippen molar-refractivity contribution in [1.82, 2.24) is 0 Å². The van der Waals surface area contributed by atoms with Crippen LogP contribution in [0.3, 0.4) is 0 Å². The van der Waals surface area contributed by atoms with Crippen molar-refractivity contribution >= 4 is 43.2 Å². The Bertz CT molecular complexity index is 820. The average Bonchev–Trinajstić information content (AvgIpc) is 2.47. The number of ether oxygens (including phenoxy) is 1. The summed E-state index contributed by atoms with van der Waals surface area (Å²) in [6.07, 6.45) is 0. The summed E-state index contributed by atoms with van der Waals surface area (Å²) in [4.78, 5) is 11.4. The van der Waals surface area contributed by atoms with Gasteiger partial charge in [0.15, 0.2) is 0 Å². The molecule has 6 nitrogen and oxygen atoms in total. The maximum atomic E-state index is 12.4. The van der Waals surface area contributed by atoms with E-state index < -0.39 is 10.0 Å². The van der Waals surface area contributed by atoms with E-state index in [-0.39, 0.29) is 10.8 Å². The zero-order valence-corrected chi connectivity index (χ0v) is 14.9. The maximum Gasteiger partial charge on any atom is 0.261 e. The molecule has 0 bridgehead atoms. The zero-order chi connectivity index (χ0) is 17.0. The fourth-order valence-electron chi connectivity index (χ4n) is 1.89. The number of benzene rings is 2. The molecule has 0 saturated heterocycles. The standard InChI is InChI=1S/C15H15BrN2O4S/c1-10(19)17-14-9-12(5-8-15(14)22-2)18-23(20,21)13-6-3-11(16)4-7-13/h3-9,18H,1-2H3,(H,17,19). The highest BCUT2D eigenvalue weighted by atomic mass is 79.9. The van der Waals surface area contributed by atoms with Gasteiger partial charge < -0.3 is 10.1 Å². The summed E-state index contributed by atoms with van der Waals surface area (Å²) in [6.45, 7) is 1.36. The quantitative estimate of drug-likeness (QED) is 0.809. The zero-order valence-electron chi connectivity index (χ0n) is 12.5. The van der Waals surface area contributed by atoms with Gasteiger partial charge in [-0.05, 0) is 42.5 Å². The van der Waals surface area contributed by atoms with E-state index in [4.69, 9.17) is 4.74 Å². The lowest BCUT2D eigenvalue weighted by molar-refractivity contribution is -0.114. The number of anilines is 2. The Morgan fingerprint density at radius 3 is 2.35 bits per heavy atom. The van der Waals surface area contributed by atoms with Crippen LogP contribution in [0.15, 0.2) is 51.8 Å². The molecule has 2 aromatic rings. The molecule has 0 aliphatic rings. The maximum absolute atomic E-state index is 12.4. The summed E-state index contributed by atoms with van der Waals surface area (Å²) >= 11 is 3.26. The van der Waals surface area contributed by atoms with Crippen LogP contribution in [-0.4, -0.2) is 21.4 Å². The topological polar surface area (TPSA) is 84.5 Å². The highest BCUT2D eigenvalue weighted by Crippen LogP contribution is 2.29. The fraction of sp³-hybridized carbons (Fsp3) is 0.133. The molecule has 1 amide bonds. The molecule has 0 unspecified atom stereocenters. The van der Waals surface area contributed by atoms with E-state index in [0.717, 1.165) is 4.47 Å². The van der Waals surface area contributed by atoms with Crippen LogP contribution in [0, 0.1) is 0 Å². The van der Waals surface area contributed by atoms with Crippen molar-refractivity contribution in [3.8, 4) is 5.75 Å². The molecule has 0 atom stereocenters. The Kier molecular flexibility index (Phi) is 5.27. The summed E-state index contributed by atoms with van der Waals surface area (Å²) in [5.41, 5.74) is 0.702. The number of hydrogen-bond donors (Lipinski definition) is 2. The third-order valence-corrected chi connectivity index (χ3v) is 4.81. The number of carbonyl (C=O) groups excluding carboxylic acids is 1. The van der Waals surface area contributed by atoms with Gasteiger partial charge in [-0.25, -0.2) is 8.42 Å². The molecule has 0 heterocycles. The molecule has 0 saturated carbocycles. The third kappa shape index (κ3) is 4.46. The van der Waals surface area contributed by atoms with Crippen molar-refractivity contribution < 1.29 is 17.9 Å². The molecule has 2 aromatic carbocycles. The Morgan fingerprint density at radius 2 is 1.78 bits per heavy atom. The molecule has 23 heavy (non-hydrogen) atoms. The van der Waals surface area contributed by atoms with Crippen LogP contribution in [0.25, 0.3) is 0 Å². The predicted octanol–water partition coefficient (Wildman–Crippen LogP) is 3.22. The van der Waals surface area contributed by atoms with Gasteiger partial charge in [0.1, 0.15) is 5.75 Å². The van der Waals surface area contributed by atoms with Crippen LogP contribution in [0.2, 0.25) is 0 Å². The molecule has 0 aromatic heterocycles. The molecule has 2 rings (SSSR count). The Labute approximate surface area is 143 Å². The number of methoxy groups -OCH3 is 1. The van der Waals surface area contributed by atoms with Crippen LogP contribution >= 0.6 is 15.9 Å². The lowest BCUT2D eigenvalue weighted by Crippen LogP contribution is -2.13. The van der Waals surface area contributed by atoms with E-state index in [1.165, 1.54) is 32.2 Å². The van der Waals surface area contributed by atoms with Gasteiger partial charge in [0.2, 0.25) is 5.91 Å². The van der Waals surface area contributed by atoms with Crippen molar-refractivity contribution in [2.24, 2.45) is 0 Å². The number of halogens is 1. The van der Waals surface area contributed by atoms with Gasteiger partial charge in [0.05, 0.1) is 23.4 Å². The van der Waals surface area contributed by atoms with E-state index in [2.05, 4.69) is 26.0 Å². The Hall–Kier alpha value is -2.06. The largest absolute Gasteiger partial charge is 0.495 e. The van der Waals surface area contributed by atoms with Gasteiger partial charge in [0, 0.05) is 11.4 Å². The van der Waals surface area contributed by atoms with E-state index in [1.807, 2.05) is 0 Å². The highest BCUT2D eigenvalue weighted by Gasteiger charge is 2.15. The van der Waals surface area contributed by atoms with Crippen molar-refractivity contribution in [3.05, 3.63) is 46.9 Å². The molecule has 0 fully saturated rings. The van der Waals surface area contributed by atoms with E-state index in [0.29, 0.717) is 17.1 Å². The first-order valence-electron chi connectivity index (χ1n) is 6.56. The molecule has 0 aliphatic carbocycles. The fourth-order valence-corrected chi connectivity index (χ4v) is 3.20. The highest BCUT2D eigenvalue weighted by molar-refractivity contribution is 9.10. The second-order valence-corrected chi connectivity index (χ2v) is 7.25. The average molecular weight is 399 g/mol. The Morgan fingerprint density at radius 1 is 1.13 bits per heavy atom. The molecule has 0 radical (unpaired) electrons. The summed E-state index contributed by atoms with van der Waals surface area (Å²) in [5.74, 6) is 0.156. The van der Waals surface area contributed by atoms with Gasteiger partial charge in [0.25, 0.3) is 10.0 Å². The van der Waals surface area contributed by atoms with Crippen LogP contribution in [0.4, 0.5) is 11.4 Å². The van der Waals surface area contributed by atoms with Crippen molar-refractivity contribution in [3.63, 3.8) is 0 Å². The molecule has 0 spiro atoms. The van der Waals surface area contributed by atoms with E-state index in [9.17, 15) is 13.2 Å². The predicted molar refractivity (Wildman–Crippen MR) is 92.2 cm³/mol. The molecular weight excluding hydrogens is 384 g/mol. The minimum Gasteiger partial charge on any atom is -0.495 e. The van der Waals surface area contributed by atoms with Crippen LogP contribution in [-0.2, 0) is 14.8 Å². The second kappa shape index (κ2) is 7.01. The van der Waals surface area contributed by atoms with Crippen molar-refractivity contribution in [2.45, 2.75) is 11.8 Å². The molecule has 2 N–H and O–H groups in total. The number of rotatable bonds is 5. The number of nitrogens with one attached hydrogen (secondary N) is 2.